The molecule has 0 spiro atoms. The van der Waals surface area contributed by atoms with Gasteiger partial charge >= 0.3 is 0 Å². The summed E-state index contributed by atoms with van der Waals surface area (Å²) in [5.74, 6) is 2.81. The number of nitrogens with one attached hydrogen (secondary N) is 1. The third-order valence-corrected chi connectivity index (χ3v) is 8.45. The average molecular weight is 542 g/mol. The topological polar surface area (TPSA) is 107 Å². The minimum Gasteiger partial charge on any atom is -0.493 e. The molecule has 11 heteroatoms. The van der Waals surface area contributed by atoms with Crippen molar-refractivity contribution in [2.45, 2.75) is 11.0 Å². The van der Waals surface area contributed by atoms with Gasteiger partial charge in [0.1, 0.15) is 18.4 Å². The number of benzene rings is 3. The fraction of sp³-hybridized carbons (Fsp3) is 0.231. The molecule has 0 atom stereocenters. The van der Waals surface area contributed by atoms with Gasteiger partial charge in [0.2, 0.25) is 0 Å². The van der Waals surface area contributed by atoms with Crippen LogP contribution in [0.1, 0.15) is 5.56 Å². The lowest BCUT2D eigenvalue weighted by molar-refractivity contribution is -0.119. The van der Waals surface area contributed by atoms with Gasteiger partial charge in [0.25, 0.3) is 15.9 Å². The quantitative estimate of drug-likeness (QED) is 0.292. The molecule has 0 unspecified atom stereocenters. The second-order valence-electron chi connectivity index (χ2n) is 8.01. The van der Waals surface area contributed by atoms with Crippen LogP contribution in [0.2, 0.25) is 0 Å². The molecule has 0 saturated carbocycles. The zero-order valence-corrected chi connectivity index (χ0v) is 22.0. The number of amides is 1. The summed E-state index contributed by atoms with van der Waals surface area (Å²) < 4.78 is 44.4. The number of anilines is 1. The minimum absolute atomic E-state index is 0.0442. The fourth-order valence-corrected chi connectivity index (χ4v) is 5.50. The van der Waals surface area contributed by atoms with E-state index in [4.69, 9.17) is 14.2 Å². The first-order valence-electron chi connectivity index (χ1n) is 11.4. The van der Waals surface area contributed by atoms with Gasteiger partial charge in [0, 0.05) is 17.6 Å². The summed E-state index contributed by atoms with van der Waals surface area (Å²) in [6.07, 6.45) is 1.69. The van der Waals surface area contributed by atoms with Gasteiger partial charge in [-0.15, -0.1) is 0 Å². The normalized spacial score (nSPS) is 13.6. The Morgan fingerprint density at radius 1 is 1.03 bits per heavy atom. The van der Waals surface area contributed by atoms with Crippen LogP contribution in [0.4, 0.5) is 5.69 Å². The highest BCUT2D eigenvalue weighted by Crippen LogP contribution is 2.33. The third-order valence-electron chi connectivity index (χ3n) is 5.44. The Kier molecular flexibility index (Phi) is 8.57. The number of hydrazone groups is 1. The number of carbonyl (C=O) groups excluding carboxylic acids is 1. The van der Waals surface area contributed by atoms with E-state index in [1.807, 2.05) is 36.0 Å². The molecular weight excluding hydrogens is 514 g/mol. The van der Waals surface area contributed by atoms with Crippen molar-refractivity contribution in [3.8, 4) is 17.2 Å². The predicted molar refractivity (Wildman–Crippen MR) is 144 cm³/mol. The van der Waals surface area contributed by atoms with E-state index in [1.54, 1.807) is 30.3 Å². The highest BCUT2D eigenvalue weighted by atomic mass is 32.2. The van der Waals surface area contributed by atoms with E-state index in [0.717, 1.165) is 27.1 Å². The molecule has 3 aromatic carbocycles. The average Bonchev–Trinajstić information content (AvgIpc) is 2.89. The zero-order chi connectivity index (χ0) is 26.3. The van der Waals surface area contributed by atoms with Gasteiger partial charge in [-0.25, -0.2) is 13.8 Å². The summed E-state index contributed by atoms with van der Waals surface area (Å²) in [7, 11) is -1.15. The summed E-state index contributed by atoms with van der Waals surface area (Å²) in [6, 6.07) is 19.9. The number of rotatable bonds is 11. The summed E-state index contributed by atoms with van der Waals surface area (Å²) in [6.45, 7) is -0.507. The van der Waals surface area contributed by atoms with E-state index in [1.165, 1.54) is 38.6 Å². The summed E-state index contributed by atoms with van der Waals surface area (Å²) in [5, 5.41) is 4.01. The van der Waals surface area contributed by atoms with Crippen LogP contribution in [0.25, 0.3) is 0 Å². The van der Waals surface area contributed by atoms with Gasteiger partial charge in [0.05, 0.1) is 31.0 Å². The van der Waals surface area contributed by atoms with Crippen LogP contribution in [0.3, 0.4) is 0 Å². The molecule has 0 bridgehead atoms. The minimum atomic E-state index is -4.08. The lowest BCUT2D eigenvalue weighted by atomic mass is 10.2. The van der Waals surface area contributed by atoms with Gasteiger partial charge < -0.3 is 14.2 Å². The summed E-state index contributed by atoms with van der Waals surface area (Å²) in [4.78, 5) is 12.9. The molecule has 1 aliphatic heterocycles. The number of sulfonamides is 1. The van der Waals surface area contributed by atoms with E-state index < -0.39 is 22.5 Å². The second kappa shape index (κ2) is 12.0. The van der Waals surface area contributed by atoms with Crippen molar-refractivity contribution >= 4 is 39.6 Å². The van der Waals surface area contributed by atoms with E-state index in [2.05, 4.69) is 10.5 Å². The highest BCUT2D eigenvalue weighted by molar-refractivity contribution is 8.00. The SMILES string of the molecule is COc1ccc(N(CC(=O)N/N=C\c2cccc(OC3CSC3)c2)S(=O)(=O)c2ccccc2)cc1OC. The number of thioether (sulfide) groups is 1. The molecule has 1 saturated heterocycles. The Hall–Kier alpha value is -3.70. The van der Waals surface area contributed by atoms with Crippen LogP contribution in [-0.4, -0.2) is 58.9 Å². The zero-order valence-electron chi connectivity index (χ0n) is 20.4. The lowest BCUT2D eigenvalue weighted by Crippen LogP contribution is -2.39. The maximum atomic E-state index is 13.5. The molecule has 37 heavy (non-hydrogen) atoms. The Morgan fingerprint density at radius 2 is 1.78 bits per heavy atom. The fourth-order valence-electron chi connectivity index (χ4n) is 3.50. The van der Waals surface area contributed by atoms with Crippen molar-refractivity contribution in [3.05, 3.63) is 78.4 Å². The number of methoxy groups -OCH3 is 2. The Morgan fingerprint density at radius 3 is 2.46 bits per heavy atom. The third kappa shape index (κ3) is 6.55. The Bertz CT molecular complexity index is 1360. The largest absolute Gasteiger partial charge is 0.493 e. The molecule has 3 aromatic rings. The molecule has 0 radical (unpaired) electrons. The molecule has 1 fully saturated rings. The molecule has 1 N–H and O–H groups in total. The molecule has 0 aromatic heterocycles. The number of hydrogen-bond acceptors (Lipinski definition) is 8. The van der Waals surface area contributed by atoms with Crippen LogP contribution in [0, 0.1) is 0 Å². The van der Waals surface area contributed by atoms with Crippen LogP contribution in [-0.2, 0) is 14.8 Å². The predicted octanol–water partition coefficient (Wildman–Crippen LogP) is 3.54. The number of ether oxygens (including phenoxy) is 3. The molecule has 0 aliphatic carbocycles. The molecule has 9 nitrogen and oxygen atoms in total. The molecule has 1 amide bonds. The molecular formula is C26H27N3O6S2. The molecule has 1 aliphatic rings. The number of nitrogens with zero attached hydrogens (tertiary/aromatic N) is 2. The summed E-state index contributed by atoms with van der Waals surface area (Å²) >= 11 is 1.83. The number of carbonyl (C=O) groups is 1. The maximum absolute atomic E-state index is 13.5. The standard InChI is InChI=1S/C26H27N3O6S2/c1-33-24-12-11-20(14-25(24)34-2)29(37(31,32)23-9-4-3-5-10-23)16-26(30)28-27-15-19-7-6-8-21(13-19)35-22-17-36-18-22/h3-15,22H,16-18H2,1-2H3,(H,28,30)/b27-15-. The van der Waals surface area contributed by atoms with Gasteiger partial charge in [-0.3, -0.25) is 9.10 Å². The Labute approximate surface area is 220 Å². The lowest BCUT2D eigenvalue weighted by Gasteiger charge is -2.25. The summed E-state index contributed by atoms with van der Waals surface area (Å²) in [5.41, 5.74) is 3.38. The number of hydrogen-bond donors (Lipinski definition) is 1. The first-order valence-corrected chi connectivity index (χ1v) is 14.0. The van der Waals surface area contributed by atoms with Crippen LogP contribution >= 0.6 is 11.8 Å². The molecule has 4 rings (SSSR count). The van der Waals surface area contributed by atoms with E-state index in [0.29, 0.717) is 11.5 Å². The van der Waals surface area contributed by atoms with E-state index in [9.17, 15) is 13.2 Å². The van der Waals surface area contributed by atoms with E-state index >= 15 is 0 Å². The van der Waals surface area contributed by atoms with Crippen molar-refractivity contribution in [1.82, 2.24) is 5.43 Å². The van der Waals surface area contributed by atoms with Crippen LogP contribution < -0.4 is 23.9 Å². The highest BCUT2D eigenvalue weighted by Gasteiger charge is 2.28. The van der Waals surface area contributed by atoms with Crippen LogP contribution in [0.15, 0.2) is 82.8 Å². The van der Waals surface area contributed by atoms with Gasteiger partial charge in [-0.05, 0) is 42.0 Å². The molecule has 194 valence electrons. The first kappa shape index (κ1) is 26.4. The van der Waals surface area contributed by atoms with Crippen molar-refractivity contribution in [2.24, 2.45) is 5.10 Å². The van der Waals surface area contributed by atoms with Crippen molar-refractivity contribution in [3.63, 3.8) is 0 Å². The van der Waals surface area contributed by atoms with Crippen molar-refractivity contribution in [2.75, 3.05) is 36.6 Å². The first-order chi connectivity index (χ1) is 17.9. The van der Waals surface area contributed by atoms with Crippen molar-refractivity contribution in [1.29, 1.82) is 0 Å². The van der Waals surface area contributed by atoms with Gasteiger partial charge in [-0.1, -0.05) is 30.3 Å². The smallest absolute Gasteiger partial charge is 0.264 e. The Balaban J connectivity index is 1.52. The van der Waals surface area contributed by atoms with Gasteiger partial charge in [-0.2, -0.15) is 16.9 Å². The maximum Gasteiger partial charge on any atom is 0.264 e. The van der Waals surface area contributed by atoms with Crippen LogP contribution in [0.5, 0.6) is 17.2 Å². The van der Waals surface area contributed by atoms with Gasteiger partial charge in [0.15, 0.2) is 11.5 Å². The second-order valence-corrected chi connectivity index (χ2v) is 10.9. The molecule has 1 heterocycles. The van der Waals surface area contributed by atoms with E-state index in [-0.39, 0.29) is 16.7 Å². The monoisotopic (exact) mass is 541 g/mol. The van der Waals surface area contributed by atoms with Crippen molar-refractivity contribution < 1.29 is 27.4 Å².